The van der Waals surface area contributed by atoms with E-state index < -0.39 is 0 Å². The average Bonchev–Trinajstić information content (AvgIpc) is 2.46. The van der Waals surface area contributed by atoms with Gasteiger partial charge in [0.15, 0.2) is 0 Å². The monoisotopic (exact) mass is 248 g/mol. The molecular formula is C13H20N4O. The van der Waals surface area contributed by atoms with Gasteiger partial charge in [0.2, 0.25) is 0 Å². The Morgan fingerprint density at radius 1 is 1.28 bits per heavy atom. The Labute approximate surface area is 108 Å². The first-order valence-electron chi connectivity index (χ1n) is 6.66. The van der Waals surface area contributed by atoms with E-state index in [2.05, 4.69) is 22.2 Å². The summed E-state index contributed by atoms with van der Waals surface area (Å²) in [4.78, 5) is 22.4. The van der Waals surface area contributed by atoms with Crippen LogP contribution in [-0.2, 0) is 0 Å². The highest BCUT2D eigenvalue weighted by molar-refractivity contribution is 5.92. The van der Waals surface area contributed by atoms with E-state index in [0.717, 1.165) is 44.7 Å². The second kappa shape index (κ2) is 6.33. The quantitative estimate of drug-likeness (QED) is 0.884. The lowest BCUT2D eigenvalue weighted by molar-refractivity contribution is 0.0718. The molecule has 0 saturated carbocycles. The van der Waals surface area contributed by atoms with Gasteiger partial charge in [0.1, 0.15) is 11.5 Å². The van der Waals surface area contributed by atoms with Crippen LogP contribution in [0.1, 0.15) is 43.1 Å². The minimum atomic E-state index is 0.00393. The van der Waals surface area contributed by atoms with Crippen molar-refractivity contribution in [3.05, 3.63) is 18.1 Å². The van der Waals surface area contributed by atoms with E-state index in [1.54, 1.807) is 12.4 Å². The Morgan fingerprint density at radius 2 is 2.06 bits per heavy atom. The summed E-state index contributed by atoms with van der Waals surface area (Å²) in [7, 11) is 0. The van der Waals surface area contributed by atoms with Crippen molar-refractivity contribution >= 4 is 11.7 Å². The fraction of sp³-hybridized carbons (Fsp3) is 0.615. The van der Waals surface area contributed by atoms with Crippen LogP contribution in [-0.4, -0.2) is 40.4 Å². The molecule has 0 bridgehead atoms. The van der Waals surface area contributed by atoms with Crippen LogP contribution in [0.4, 0.5) is 5.82 Å². The highest BCUT2D eigenvalue weighted by Crippen LogP contribution is 2.12. The van der Waals surface area contributed by atoms with Crippen molar-refractivity contribution in [1.29, 1.82) is 0 Å². The van der Waals surface area contributed by atoms with Gasteiger partial charge in [-0.15, -0.1) is 0 Å². The van der Waals surface area contributed by atoms with Gasteiger partial charge < -0.3 is 10.2 Å². The van der Waals surface area contributed by atoms with E-state index in [9.17, 15) is 4.79 Å². The fourth-order valence-corrected chi connectivity index (χ4v) is 2.04. The standard InChI is InChI=1S/C13H20N4O/c1-2-6-14-12-10-15-11(9-16-12)13(18)17-7-4-3-5-8-17/h9-10H,2-8H2,1H3,(H,14,16). The third-order valence-electron chi connectivity index (χ3n) is 3.07. The minimum absolute atomic E-state index is 0.00393. The predicted molar refractivity (Wildman–Crippen MR) is 70.6 cm³/mol. The molecule has 2 rings (SSSR count). The first-order chi connectivity index (χ1) is 8.81. The van der Waals surface area contributed by atoms with Crippen molar-refractivity contribution in [3.8, 4) is 0 Å². The lowest BCUT2D eigenvalue weighted by atomic mass is 10.1. The summed E-state index contributed by atoms with van der Waals surface area (Å²) in [6, 6.07) is 0. The maximum atomic E-state index is 12.1. The van der Waals surface area contributed by atoms with Crippen LogP contribution in [0.5, 0.6) is 0 Å². The maximum Gasteiger partial charge on any atom is 0.274 e. The van der Waals surface area contributed by atoms with E-state index in [0.29, 0.717) is 5.69 Å². The number of nitrogens with zero attached hydrogens (tertiary/aromatic N) is 3. The molecule has 0 radical (unpaired) electrons. The highest BCUT2D eigenvalue weighted by atomic mass is 16.2. The van der Waals surface area contributed by atoms with Crippen molar-refractivity contribution in [3.63, 3.8) is 0 Å². The molecule has 0 aliphatic carbocycles. The minimum Gasteiger partial charge on any atom is -0.369 e. The summed E-state index contributed by atoms with van der Waals surface area (Å²) in [5, 5.41) is 3.14. The zero-order valence-corrected chi connectivity index (χ0v) is 10.9. The number of rotatable bonds is 4. The van der Waals surface area contributed by atoms with Gasteiger partial charge in [0, 0.05) is 19.6 Å². The molecule has 5 nitrogen and oxygen atoms in total. The van der Waals surface area contributed by atoms with Crippen LogP contribution in [0.2, 0.25) is 0 Å². The Hall–Kier alpha value is -1.65. The lowest BCUT2D eigenvalue weighted by Gasteiger charge is -2.26. The summed E-state index contributed by atoms with van der Waals surface area (Å²) in [5.74, 6) is 0.733. The van der Waals surface area contributed by atoms with Gasteiger partial charge in [-0.05, 0) is 25.7 Å². The molecule has 0 aromatic carbocycles. The number of amides is 1. The normalized spacial score (nSPS) is 15.5. The highest BCUT2D eigenvalue weighted by Gasteiger charge is 2.19. The van der Waals surface area contributed by atoms with Crippen molar-refractivity contribution < 1.29 is 4.79 Å². The number of carbonyl (C=O) groups is 1. The van der Waals surface area contributed by atoms with Crippen LogP contribution in [0.15, 0.2) is 12.4 Å². The molecule has 1 saturated heterocycles. The molecule has 1 amide bonds. The topological polar surface area (TPSA) is 58.1 Å². The first kappa shape index (κ1) is 12.8. The summed E-state index contributed by atoms with van der Waals surface area (Å²) in [6.45, 7) is 4.65. The summed E-state index contributed by atoms with van der Waals surface area (Å²) in [5.41, 5.74) is 0.443. The van der Waals surface area contributed by atoms with Crippen molar-refractivity contribution in [2.45, 2.75) is 32.6 Å². The van der Waals surface area contributed by atoms with Crippen LogP contribution < -0.4 is 5.32 Å². The van der Waals surface area contributed by atoms with Crippen LogP contribution in [0.3, 0.4) is 0 Å². The number of likely N-dealkylation sites (tertiary alicyclic amines) is 1. The molecule has 1 aliphatic heterocycles. The number of carbonyl (C=O) groups excluding carboxylic acids is 1. The maximum absolute atomic E-state index is 12.1. The van der Waals surface area contributed by atoms with Gasteiger partial charge in [0.05, 0.1) is 12.4 Å². The number of hydrogen-bond donors (Lipinski definition) is 1. The molecule has 2 heterocycles. The number of anilines is 1. The third-order valence-corrected chi connectivity index (χ3v) is 3.07. The number of hydrogen-bond acceptors (Lipinski definition) is 4. The molecule has 1 aromatic rings. The average molecular weight is 248 g/mol. The Kier molecular flexibility index (Phi) is 4.50. The molecule has 5 heteroatoms. The zero-order valence-electron chi connectivity index (χ0n) is 10.9. The predicted octanol–water partition coefficient (Wildman–Crippen LogP) is 1.92. The first-order valence-corrected chi connectivity index (χ1v) is 6.66. The number of piperidine rings is 1. The molecule has 0 atom stereocenters. The lowest BCUT2D eigenvalue weighted by Crippen LogP contribution is -2.36. The second-order valence-electron chi connectivity index (χ2n) is 4.57. The van der Waals surface area contributed by atoms with Gasteiger partial charge in [-0.3, -0.25) is 4.79 Å². The molecule has 1 N–H and O–H groups in total. The molecule has 98 valence electrons. The van der Waals surface area contributed by atoms with Gasteiger partial charge in [0.25, 0.3) is 5.91 Å². The van der Waals surface area contributed by atoms with Gasteiger partial charge in [-0.25, -0.2) is 9.97 Å². The van der Waals surface area contributed by atoms with Crippen molar-refractivity contribution in [2.24, 2.45) is 0 Å². The van der Waals surface area contributed by atoms with Crippen LogP contribution in [0.25, 0.3) is 0 Å². The fourth-order valence-electron chi connectivity index (χ4n) is 2.04. The van der Waals surface area contributed by atoms with E-state index in [1.165, 1.54) is 6.42 Å². The molecule has 1 aromatic heterocycles. The van der Waals surface area contributed by atoms with Crippen molar-refractivity contribution in [2.75, 3.05) is 25.0 Å². The molecule has 18 heavy (non-hydrogen) atoms. The molecule has 0 unspecified atom stereocenters. The van der Waals surface area contributed by atoms with Crippen LogP contribution in [0, 0.1) is 0 Å². The third kappa shape index (κ3) is 3.18. The van der Waals surface area contributed by atoms with Crippen LogP contribution >= 0.6 is 0 Å². The summed E-state index contributed by atoms with van der Waals surface area (Å²) < 4.78 is 0. The molecule has 1 aliphatic rings. The molecular weight excluding hydrogens is 228 g/mol. The van der Waals surface area contributed by atoms with E-state index in [4.69, 9.17) is 0 Å². The number of aromatic nitrogens is 2. The van der Waals surface area contributed by atoms with E-state index in [1.807, 2.05) is 4.90 Å². The van der Waals surface area contributed by atoms with E-state index >= 15 is 0 Å². The Balaban J connectivity index is 1.97. The van der Waals surface area contributed by atoms with Gasteiger partial charge in [-0.1, -0.05) is 6.92 Å². The smallest absolute Gasteiger partial charge is 0.274 e. The van der Waals surface area contributed by atoms with Crippen molar-refractivity contribution in [1.82, 2.24) is 14.9 Å². The summed E-state index contributed by atoms with van der Waals surface area (Å²) >= 11 is 0. The number of nitrogens with one attached hydrogen (secondary N) is 1. The largest absolute Gasteiger partial charge is 0.369 e. The Bertz CT molecular complexity index is 384. The van der Waals surface area contributed by atoms with E-state index in [-0.39, 0.29) is 5.91 Å². The SMILES string of the molecule is CCCNc1cnc(C(=O)N2CCCCC2)cn1. The zero-order chi connectivity index (χ0) is 12.8. The van der Waals surface area contributed by atoms with Gasteiger partial charge >= 0.3 is 0 Å². The molecule has 1 fully saturated rings. The van der Waals surface area contributed by atoms with Gasteiger partial charge in [-0.2, -0.15) is 0 Å². The Morgan fingerprint density at radius 3 is 2.67 bits per heavy atom. The molecule has 0 spiro atoms. The summed E-state index contributed by atoms with van der Waals surface area (Å²) in [6.07, 6.45) is 7.64. The second-order valence-corrected chi connectivity index (χ2v) is 4.57.